The minimum Gasteiger partial charge on any atom is -0.465 e. The molecule has 1 aliphatic heterocycles. The highest BCUT2D eigenvalue weighted by Crippen LogP contribution is 2.33. The summed E-state index contributed by atoms with van der Waals surface area (Å²) in [5.41, 5.74) is 2.07. The second-order valence-corrected chi connectivity index (χ2v) is 7.19. The number of rotatable bonds is 4. The van der Waals surface area contributed by atoms with Gasteiger partial charge in [-0.25, -0.2) is 9.78 Å². The highest BCUT2D eigenvalue weighted by molar-refractivity contribution is 7.14. The van der Waals surface area contributed by atoms with Gasteiger partial charge < -0.3 is 15.0 Å². The summed E-state index contributed by atoms with van der Waals surface area (Å²) in [5.74, 6) is -0.578. The van der Waals surface area contributed by atoms with E-state index in [9.17, 15) is 14.9 Å². The van der Waals surface area contributed by atoms with Crippen molar-refractivity contribution >= 4 is 44.8 Å². The molecule has 1 saturated heterocycles. The van der Waals surface area contributed by atoms with Crippen LogP contribution in [0.2, 0.25) is 0 Å². The number of methoxy groups -OCH3 is 1. The summed E-state index contributed by atoms with van der Waals surface area (Å²) in [5, 5.41) is 15.7. The molecule has 4 rings (SSSR count). The van der Waals surface area contributed by atoms with E-state index < -0.39 is 12.0 Å². The Morgan fingerprint density at radius 2 is 2.21 bits per heavy atom. The maximum absolute atomic E-state index is 13.0. The van der Waals surface area contributed by atoms with E-state index in [0.29, 0.717) is 34.7 Å². The van der Waals surface area contributed by atoms with E-state index in [2.05, 4.69) is 16.4 Å². The molecule has 0 aliphatic carbocycles. The van der Waals surface area contributed by atoms with Crippen LogP contribution in [0.25, 0.3) is 10.9 Å². The number of carbonyl (C=O) groups is 2. The van der Waals surface area contributed by atoms with E-state index in [1.165, 1.54) is 18.4 Å². The summed E-state index contributed by atoms with van der Waals surface area (Å²) < 4.78 is 4.80. The first-order valence-corrected chi connectivity index (χ1v) is 9.54. The lowest BCUT2D eigenvalue weighted by Gasteiger charge is -2.18. The third-order valence-electron chi connectivity index (χ3n) is 4.66. The number of aromatic nitrogens is 1. The lowest BCUT2D eigenvalue weighted by molar-refractivity contribution is -0.117. The number of nitriles is 1. The van der Waals surface area contributed by atoms with Crippen molar-refractivity contribution in [1.82, 2.24) is 4.98 Å². The second-order valence-electron chi connectivity index (χ2n) is 6.29. The Bertz CT molecular complexity index is 1120. The van der Waals surface area contributed by atoms with Crippen LogP contribution in [0, 0.1) is 11.3 Å². The van der Waals surface area contributed by atoms with Crippen LogP contribution in [-0.4, -0.2) is 36.6 Å². The molecular formula is C20H16N4O3S. The molecule has 2 aromatic heterocycles. The van der Waals surface area contributed by atoms with Crippen LogP contribution in [0.1, 0.15) is 22.5 Å². The first-order valence-electron chi connectivity index (χ1n) is 8.66. The van der Waals surface area contributed by atoms with Gasteiger partial charge in [0.1, 0.15) is 22.8 Å². The van der Waals surface area contributed by atoms with Crippen LogP contribution in [0.4, 0.5) is 10.7 Å². The number of hydrogen-bond acceptors (Lipinski definition) is 7. The van der Waals surface area contributed by atoms with Crippen molar-refractivity contribution in [2.75, 3.05) is 23.9 Å². The molecule has 3 heterocycles. The van der Waals surface area contributed by atoms with Gasteiger partial charge >= 0.3 is 5.97 Å². The van der Waals surface area contributed by atoms with Crippen LogP contribution >= 0.6 is 11.3 Å². The monoisotopic (exact) mass is 392 g/mol. The highest BCUT2D eigenvalue weighted by Gasteiger charge is 2.35. The summed E-state index contributed by atoms with van der Waals surface area (Å²) in [6.07, 6.45) is 0.579. The minimum atomic E-state index is -0.459. The molecule has 0 saturated carbocycles. The standard InChI is InChI=1S/C20H16N4O3S/c1-27-20(26)14-7-9-28-19(14)24-8-6-16(18(24)25)23-17-10-12(11-21)22-15-5-3-2-4-13(15)17/h2-5,7,9-10,16H,6,8H2,1H3,(H,22,23). The number of benzene rings is 1. The molecule has 1 amide bonds. The molecule has 0 spiro atoms. The predicted octanol–water partition coefficient (Wildman–Crippen LogP) is 3.17. The lowest BCUT2D eigenvalue weighted by Crippen LogP contribution is -2.33. The molecule has 0 bridgehead atoms. The fourth-order valence-electron chi connectivity index (χ4n) is 3.33. The quantitative estimate of drug-likeness (QED) is 0.685. The Morgan fingerprint density at radius 1 is 1.39 bits per heavy atom. The number of ether oxygens (including phenoxy) is 1. The first-order chi connectivity index (χ1) is 13.6. The molecule has 7 nitrogen and oxygen atoms in total. The van der Waals surface area contributed by atoms with Crippen LogP contribution < -0.4 is 10.2 Å². The Balaban J connectivity index is 1.63. The van der Waals surface area contributed by atoms with Gasteiger partial charge in [-0.3, -0.25) is 4.79 Å². The molecule has 140 valence electrons. The Morgan fingerprint density at radius 3 is 3.00 bits per heavy atom. The van der Waals surface area contributed by atoms with Gasteiger partial charge in [-0.15, -0.1) is 11.3 Å². The Hall–Kier alpha value is -3.44. The number of carbonyl (C=O) groups excluding carboxylic acids is 2. The summed E-state index contributed by atoms with van der Waals surface area (Å²) in [7, 11) is 1.32. The maximum Gasteiger partial charge on any atom is 0.340 e. The van der Waals surface area contributed by atoms with E-state index >= 15 is 0 Å². The van der Waals surface area contributed by atoms with Crippen molar-refractivity contribution in [1.29, 1.82) is 5.26 Å². The van der Waals surface area contributed by atoms with E-state index in [1.54, 1.807) is 22.4 Å². The topological polar surface area (TPSA) is 95.3 Å². The SMILES string of the molecule is COC(=O)c1ccsc1N1CCC(Nc2cc(C#N)nc3ccccc23)C1=O. The van der Waals surface area contributed by atoms with E-state index in [-0.39, 0.29) is 11.6 Å². The van der Waals surface area contributed by atoms with Crippen LogP contribution in [-0.2, 0) is 9.53 Å². The Kier molecular flexibility index (Phi) is 4.67. The van der Waals surface area contributed by atoms with Gasteiger partial charge in [0.25, 0.3) is 0 Å². The van der Waals surface area contributed by atoms with Crippen molar-refractivity contribution in [3.05, 3.63) is 53.0 Å². The van der Waals surface area contributed by atoms with Crippen molar-refractivity contribution < 1.29 is 14.3 Å². The molecule has 1 aromatic carbocycles. The van der Waals surface area contributed by atoms with Gasteiger partial charge in [0.2, 0.25) is 5.91 Å². The number of para-hydroxylation sites is 1. The average Bonchev–Trinajstić information content (AvgIpc) is 3.34. The number of amides is 1. The van der Waals surface area contributed by atoms with E-state index in [0.717, 1.165) is 5.39 Å². The molecule has 1 fully saturated rings. The van der Waals surface area contributed by atoms with Crippen LogP contribution in [0.15, 0.2) is 41.8 Å². The van der Waals surface area contributed by atoms with E-state index in [4.69, 9.17) is 4.74 Å². The molecule has 1 N–H and O–H groups in total. The predicted molar refractivity (Wildman–Crippen MR) is 106 cm³/mol. The number of esters is 1. The van der Waals surface area contributed by atoms with Crippen molar-refractivity contribution in [3.8, 4) is 6.07 Å². The zero-order valence-corrected chi connectivity index (χ0v) is 15.8. The number of nitrogens with zero attached hydrogens (tertiary/aromatic N) is 3. The van der Waals surface area contributed by atoms with Gasteiger partial charge in [-0.2, -0.15) is 5.26 Å². The number of nitrogens with one attached hydrogen (secondary N) is 1. The average molecular weight is 392 g/mol. The zero-order chi connectivity index (χ0) is 19.7. The van der Waals surface area contributed by atoms with Crippen molar-refractivity contribution in [2.45, 2.75) is 12.5 Å². The molecule has 28 heavy (non-hydrogen) atoms. The summed E-state index contributed by atoms with van der Waals surface area (Å²) in [4.78, 5) is 30.9. The van der Waals surface area contributed by atoms with E-state index in [1.807, 2.05) is 24.3 Å². The number of thiophene rings is 1. The van der Waals surface area contributed by atoms with Crippen molar-refractivity contribution in [2.24, 2.45) is 0 Å². The fraction of sp³-hybridized carbons (Fsp3) is 0.200. The number of anilines is 2. The largest absolute Gasteiger partial charge is 0.465 e. The van der Waals surface area contributed by atoms with Crippen LogP contribution in [0.5, 0.6) is 0 Å². The maximum atomic E-state index is 13.0. The molecule has 1 aliphatic rings. The normalized spacial score (nSPS) is 16.2. The highest BCUT2D eigenvalue weighted by atomic mass is 32.1. The zero-order valence-electron chi connectivity index (χ0n) is 15.0. The molecular weight excluding hydrogens is 376 g/mol. The third-order valence-corrected chi connectivity index (χ3v) is 5.60. The molecule has 1 unspecified atom stereocenters. The van der Waals surface area contributed by atoms with Gasteiger partial charge in [0, 0.05) is 17.6 Å². The van der Waals surface area contributed by atoms with Gasteiger partial charge in [-0.1, -0.05) is 18.2 Å². The summed E-state index contributed by atoms with van der Waals surface area (Å²) in [6.45, 7) is 0.495. The molecule has 8 heteroatoms. The molecule has 1 atom stereocenters. The lowest BCUT2D eigenvalue weighted by atomic mass is 10.1. The number of hydrogen-bond donors (Lipinski definition) is 1. The van der Waals surface area contributed by atoms with Gasteiger partial charge in [0.15, 0.2) is 0 Å². The van der Waals surface area contributed by atoms with Crippen molar-refractivity contribution in [3.63, 3.8) is 0 Å². The second kappa shape index (κ2) is 7.29. The smallest absolute Gasteiger partial charge is 0.340 e. The first kappa shape index (κ1) is 17.9. The number of pyridine rings is 1. The molecule has 0 radical (unpaired) electrons. The van der Waals surface area contributed by atoms with Gasteiger partial charge in [-0.05, 0) is 30.0 Å². The third kappa shape index (κ3) is 3.06. The van der Waals surface area contributed by atoms with Gasteiger partial charge in [0.05, 0.1) is 18.2 Å². The Labute approximate surface area is 165 Å². The summed E-state index contributed by atoms with van der Waals surface area (Å²) in [6, 6.07) is 12.4. The fourth-order valence-corrected chi connectivity index (χ4v) is 4.25. The van der Waals surface area contributed by atoms with Crippen LogP contribution in [0.3, 0.4) is 0 Å². The summed E-state index contributed by atoms with van der Waals surface area (Å²) >= 11 is 1.33. The molecule has 3 aromatic rings. The number of fused-ring (bicyclic) bond motifs is 1. The minimum absolute atomic E-state index is 0.119.